The standard InChI is InChI=1S/C20H23N3O8S2/c1-4-30-20(25)16-9-17(23(26)27)32-19(16)21-18(24)14-5-7-15(8-6-14)33(28,29)22-10-12(2)31-13(3)11-22/h5-9,12-13H,4,10-11H2,1-3H3,(H,21,24)/t12-,13-/m0/s1. The molecule has 2 heterocycles. The Balaban J connectivity index is 1.80. The maximum Gasteiger partial charge on any atom is 0.341 e. The Labute approximate surface area is 194 Å². The first-order valence-electron chi connectivity index (χ1n) is 10.0. The Morgan fingerprint density at radius 3 is 2.39 bits per heavy atom. The van der Waals surface area contributed by atoms with E-state index >= 15 is 0 Å². The van der Waals surface area contributed by atoms with Crippen molar-refractivity contribution in [1.82, 2.24) is 4.31 Å². The van der Waals surface area contributed by atoms with Crippen LogP contribution in [0.1, 0.15) is 41.5 Å². The maximum atomic E-state index is 13.0. The molecule has 13 heteroatoms. The van der Waals surface area contributed by atoms with E-state index in [1.807, 2.05) is 0 Å². The molecule has 1 aliphatic heterocycles. The summed E-state index contributed by atoms with van der Waals surface area (Å²) < 4.78 is 37.7. The van der Waals surface area contributed by atoms with Gasteiger partial charge in [0.15, 0.2) is 0 Å². The highest BCUT2D eigenvalue weighted by molar-refractivity contribution is 7.89. The summed E-state index contributed by atoms with van der Waals surface area (Å²) >= 11 is 0.625. The van der Waals surface area contributed by atoms with Gasteiger partial charge in [-0.3, -0.25) is 14.9 Å². The molecule has 0 radical (unpaired) electrons. The third kappa shape index (κ3) is 5.55. The van der Waals surface area contributed by atoms with Gasteiger partial charge in [-0.05, 0) is 56.4 Å². The van der Waals surface area contributed by atoms with E-state index < -0.39 is 26.8 Å². The minimum Gasteiger partial charge on any atom is -0.462 e. The molecule has 0 spiro atoms. The van der Waals surface area contributed by atoms with Crippen LogP contribution in [0.3, 0.4) is 0 Å². The Kier molecular flexibility index (Phi) is 7.47. The fourth-order valence-corrected chi connectivity index (χ4v) is 5.80. The maximum absolute atomic E-state index is 13.0. The molecular formula is C20H23N3O8S2. The Morgan fingerprint density at radius 2 is 1.85 bits per heavy atom. The van der Waals surface area contributed by atoms with Crippen molar-refractivity contribution in [1.29, 1.82) is 0 Å². The van der Waals surface area contributed by atoms with Crippen molar-refractivity contribution in [3.63, 3.8) is 0 Å². The molecule has 1 saturated heterocycles. The summed E-state index contributed by atoms with van der Waals surface area (Å²) in [6.07, 6.45) is -0.478. The van der Waals surface area contributed by atoms with Crippen LogP contribution in [-0.4, -0.2) is 61.4 Å². The molecule has 0 aliphatic carbocycles. The molecule has 1 aromatic heterocycles. The second kappa shape index (κ2) is 9.95. The zero-order valence-corrected chi connectivity index (χ0v) is 19.8. The molecule has 1 aromatic carbocycles. The van der Waals surface area contributed by atoms with Crippen molar-refractivity contribution in [3.8, 4) is 0 Å². The van der Waals surface area contributed by atoms with Crippen molar-refractivity contribution in [2.24, 2.45) is 0 Å². The number of hydrogen-bond donors (Lipinski definition) is 1. The number of nitrogens with one attached hydrogen (secondary N) is 1. The molecule has 3 rings (SSSR count). The number of carbonyl (C=O) groups excluding carboxylic acids is 2. The summed E-state index contributed by atoms with van der Waals surface area (Å²) in [5.41, 5.74) is -0.0137. The second-order valence-electron chi connectivity index (χ2n) is 7.36. The Bertz CT molecular complexity index is 1150. The van der Waals surface area contributed by atoms with Crippen LogP contribution >= 0.6 is 11.3 Å². The van der Waals surface area contributed by atoms with Gasteiger partial charge in [0.25, 0.3) is 5.91 Å². The van der Waals surface area contributed by atoms with Crippen LogP contribution in [0.15, 0.2) is 35.2 Å². The van der Waals surface area contributed by atoms with Gasteiger partial charge in [0, 0.05) is 24.7 Å². The molecule has 0 unspecified atom stereocenters. The number of morpholine rings is 1. The molecule has 2 aromatic rings. The lowest BCUT2D eigenvalue weighted by Gasteiger charge is -2.34. The number of amides is 1. The number of ether oxygens (including phenoxy) is 2. The first-order valence-corrected chi connectivity index (χ1v) is 12.3. The van der Waals surface area contributed by atoms with Gasteiger partial charge in [-0.2, -0.15) is 4.31 Å². The van der Waals surface area contributed by atoms with E-state index in [1.54, 1.807) is 20.8 Å². The number of carbonyl (C=O) groups is 2. The number of benzene rings is 1. The predicted molar refractivity (Wildman–Crippen MR) is 120 cm³/mol. The van der Waals surface area contributed by atoms with Crippen molar-refractivity contribution < 1.29 is 32.4 Å². The third-order valence-corrected chi connectivity index (χ3v) is 7.61. The highest BCUT2D eigenvalue weighted by Gasteiger charge is 2.32. The van der Waals surface area contributed by atoms with Gasteiger partial charge in [0.2, 0.25) is 10.0 Å². The monoisotopic (exact) mass is 497 g/mol. The van der Waals surface area contributed by atoms with E-state index in [9.17, 15) is 28.1 Å². The van der Waals surface area contributed by atoms with Gasteiger partial charge in [-0.15, -0.1) is 0 Å². The van der Waals surface area contributed by atoms with Crippen LogP contribution in [0.2, 0.25) is 0 Å². The van der Waals surface area contributed by atoms with Gasteiger partial charge in [-0.1, -0.05) is 0 Å². The first kappa shape index (κ1) is 24.8. The van der Waals surface area contributed by atoms with Gasteiger partial charge >= 0.3 is 11.0 Å². The smallest absolute Gasteiger partial charge is 0.341 e. The number of esters is 1. The molecule has 1 N–H and O–H groups in total. The SMILES string of the molecule is CCOC(=O)c1cc([N+](=O)[O-])sc1NC(=O)c1ccc(S(=O)(=O)N2C[C@H](C)O[C@@H](C)C2)cc1. The molecule has 0 saturated carbocycles. The van der Waals surface area contributed by atoms with Crippen LogP contribution in [-0.2, 0) is 19.5 Å². The molecular weight excluding hydrogens is 474 g/mol. The topological polar surface area (TPSA) is 145 Å². The normalized spacial score (nSPS) is 19.1. The Morgan fingerprint density at radius 1 is 1.24 bits per heavy atom. The lowest BCUT2D eigenvalue weighted by Crippen LogP contribution is -2.48. The van der Waals surface area contributed by atoms with Gasteiger partial charge in [0.05, 0.1) is 28.6 Å². The van der Waals surface area contributed by atoms with Crippen LogP contribution in [0.25, 0.3) is 0 Å². The summed E-state index contributed by atoms with van der Waals surface area (Å²) in [5.74, 6) is -1.46. The number of anilines is 1. The molecule has 1 amide bonds. The summed E-state index contributed by atoms with van der Waals surface area (Å²) in [5, 5.41) is 13.2. The average molecular weight is 498 g/mol. The number of hydrogen-bond acceptors (Lipinski definition) is 9. The van der Waals surface area contributed by atoms with Crippen molar-refractivity contribution in [2.45, 2.75) is 37.9 Å². The minimum absolute atomic E-state index is 0.0272. The number of thiophene rings is 1. The third-order valence-electron chi connectivity index (χ3n) is 4.76. The van der Waals surface area contributed by atoms with Gasteiger partial charge in [0.1, 0.15) is 10.6 Å². The highest BCUT2D eigenvalue weighted by atomic mass is 32.2. The molecule has 2 atom stereocenters. The second-order valence-corrected chi connectivity index (χ2v) is 10.3. The Hall–Kier alpha value is -2.87. The quantitative estimate of drug-likeness (QED) is 0.349. The van der Waals surface area contributed by atoms with Crippen LogP contribution in [0, 0.1) is 10.1 Å². The molecule has 33 heavy (non-hydrogen) atoms. The van der Waals surface area contributed by atoms with Crippen LogP contribution in [0.5, 0.6) is 0 Å². The van der Waals surface area contributed by atoms with E-state index in [4.69, 9.17) is 9.47 Å². The van der Waals surface area contributed by atoms with E-state index in [0.29, 0.717) is 11.3 Å². The zero-order valence-electron chi connectivity index (χ0n) is 18.1. The van der Waals surface area contributed by atoms with Crippen molar-refractivity contribution in [2.75, 3.05) is 25.0 Å². The van der Waals surface area contributed by atoms with Crippen LogP contribution < -0.4 is 5.32 Å². The highest BCUT2D eigenvalue weighted by Crippen LogP contribution is 2.34. The molecule has 11 nitrogen and oxygen atoms in total. The number of nitrogens with zero attached hydrogens (tertiary/aromatic N) is 2. The number of rotatable bonds is 7. The van der Waals surface area contributed by atoms with Crippen molar-refractivity contribution >= 4 is 43.2 Å². The summed E-state index contributed by atoms with van der Waals surface area (Å²) in [6, 6.07) is 6.35. The van der Waals surface area contributed by atoms with E-state index in [2.05, 4.69) is 5.32 Å². The van der Waals surface area contributed by atoms with Gasteiger partial charge < -0.3 is 14.8 Å². The largest absolute Gasteiger partial charge is 0.462 e. The van der Waals surface area contributed by atoms with Gasteiger partial charge in [-0.25, -0.2) is 13.2 Å². The number of nitro groups is 1. The van der Waals surface area contributed by atoms with E-state index in [0.717, 1.165) is 6.07 Å². The summed E-state index contributed by atoms with van der Waals surface area (Å²) in [4.78, 5) is 35.2. The minimum atomic E-state index is -3.77. The summed E-state index contributed by atoms with van der Waals surface area (Å²) in [6.45, 7) is 5.69. The summed E-state index contributed by atoms with van der Waals surface area (Å²) in [7, 11) is -3.77. The number of sulfonamides is 1. The predicted octanol–water partition coefficient (Wildman–Crippen LogP) is 2.88. The van der Waals surface area contributed by atoms with E-state index in [1.165, 1.54) is 28.6 Å². The fraction of sp³-hybridized carbons (Fsp3) is 0.400. The lowest BCUT2D eigenvalue weighted by atomic mass is 10.2. The lowest BCUT2D eigenvalue weighted by molar-refractivity contribution is -0.380. The fourth-order valence-electron chi connectivity index (χ4n) is 3.35. The molecule has 0 bridgehead atoms. The van der Waals surface area contributed by atoms with Crippen LogP contribution in [0.4, 0.5) is 10.0 Å². The molecule has 1 fully saturated rings. The molecule has 178 valence electrons. The van der Waals surface area contributed by atoms with Crippen molar-refractivity contribution in [3.05, 3.63) is 51.6 Å². The average Bonchev–Trinajstić information content (AvgIpc) is 3.17. The molecule has 1 aliphatic rings. The zero-order chi connectivity index (χ0) is 24.3. The first-order chi connectivity index (χ1) is 15.5. The van der Waals surface area contributed by atoms with E-state index in [-0.39, 0.29) is 57.9 Å².